The summed E-state index contributed by atoms with van der Waals surface area (Å²) in [5.41, 5.74) is -0.964. The molecular formula is C13H25NO3. The lowest BCUT2D eigenvalue weighted by molar-refractivity contribution is -0.146. The third-order valence-corrected chi connectivity index (χ3v) is 3.44. The maximum atomic E-state index is 11.4. The zero-order valence-corrected chi connectivity index (χ0v) is 11.4. The van der Waals surface area contributed by atoms with Gasteiger partial charge in [-0.1, -0.05) is 13.3 Å². The Balaban J connectivity index is 2.64. The molecule has 0 bridgehead atoms. The largest absolute Gasteiger partial charge is 0.480 e. The molecule has 0 spiro atoms. The number of nitrogens with one attached hydrogen (secondary N) is 1. The molecule has 0 aromatic carbocycles. The van der Waals surface area contributed by atoms with E-state index in [1.54, 1.807) is 6.92 Å². The predicted octanol–water partition coefficient (Wildman–Crippen LogP) is 2.18. The van der Waals surface area contributed by atoms with Gasteiger partial charge in [0.1, 0.15) is 5.54 Å². The van der Waals surface area contributed by atoms with Gasteiger partial charge in [-0.3, -0.25) is 10.1 Å². The molecule has 0 radical (unpaired) electrons. The number of ether oxygens (including phenoxy) is 1. The van der Waals surface area contributed by atoms with Crippen LogP contribution in [-0.4, -0.2) is 34.9 Å². The average molecular weight is 243 g/mol. The molecule has 2 unspecified atom stereocenters. The van der Waals surface area contributed by atoms with Crippen LogP contribution in [0.1, 0.15) is 53.4 Å². The van der Waals surface area contributed by atoms with E-state index in [2.05, 4.69) is 19.2 Å². The summed E-state index contributed by atoms with van der Waals surface area (Å²) < 4.78 is 5.64. The van der Waals surface area contributed by atoms with Crippen LogP contribution >= 0.6 is 0 Å². The van der Waals surface area contributed by atoms with Gasteiger partial charge in [0.15, 0.2) is 0 Å². The summed E-state index contributed by atoms with van der Waals surface area (Å²) in [6.07, 6.45) is 3.26. The smallest absolute Gasteiger partial charge is 0.323 e. The molecule has 0 aromatic heterocycles. The fraction of sp³-hybridized carbons (Fsp3) is 0.923. The minimum atomic E-state index is -0.813. The Hall–Kier alpha value is -0.610. The molecule has 1 aliphatic heterocycles. The van der Waals surface area contributed by atoms with Gasteiger partial charge in [-0.25, -0.2) is 0 Å². The van der Waals surface area contributed by atoms with Crippen molar-refractivity contribution in [3.63, 3.8) is 0 Å². The third kappa shape index (κ3) is 3.96. The Kier molecular flexibility index (Phi) is 4.55. The highest BCUT2D eigenvalue weighted by atomic mass is 16.5. The number of rotatable bonds is 5. The minimum absolute atomic E-state index is 0.151. The van der Waals surface area contributed by atoms with E-state index in [9.17, 15) is 9.90 Å². The van der Waals surface area contributed by atoms with Crippen LogP contribution in [0.3, 0.4) is 0 Å². The van der Waals surface area contributed by atoms with Crippen molar-refractivity contribution in [1.82, 2.24) is 5.32 Å². The maximum Gasteiger partial charge on any atom is 0.323 e. The van der Waals surface area contributed by atoms with E-state index in [1.807, 2.05) is 6.92 Å². The molecule has 1 aliphatic rings. The van der Waals surface area contributed by atoms with Gasteiger partial charge in [-0.2, -0.15) is 0 Å². The summed E-state index contributed by atoms with van der Waals surface area (Å²) in [5, 5.41) is 12.6. The van der Waals surface area contributed by atoms with E-state index in [0.29, 0.717) is 13.0 Å². The van der Waals surface area contributed by atoms with E-state index in [-0.39, 0.29) is 11.6 Å². The molecule has 100 valence electrons. The average Bonchev–Trinajstić information content (AvgIpc) is 2.15. The van der Waals surface area contributed by atoms with Gasteiger partial charge in [0.2, 0.25) is 0 Å². The lowest BCUT2D eigenvalue weighted by Crippen LogP contribution is -2.56. The van der Waals surface area contributed by atoms with Gasteiger partial charge < -0.3 is 9.84 Å². The maximum absolute atomic E-state index is 11.4. The topological polar surface area (TPSA) is 58.6 Å². The van der Waals surface area contributed by atoms with Crippen molar-refractivity contribution < 1.29 is 14.6 Å². The molecular weight excluding hydrogens is 218 g/mol. The van der Waals surface area contributed by atoms with Crippen LogP contribution in [0.15, 0.2) is 0 Å². The van der Waals surface area contributed by atoms with Crippen molar-refractivity contribution in [2.75, 3.05) is 6.61 Å². The number of hydrogen-bond acceptors (Lipinski definition) is 3. The van der Waals surface area contributed by atoms with Crippen molar-refractivity contribution in [3.05, 3.63) is 0 Å². The van der Waals surface area contributed by atoms with Crippen LogP contribution in [0, 0.1) is 0 Å². The van der Waals surface area contributed by atoms with Crippen LogP contribution in [0.4, 0.5) is 0 Å². The zero-order chi connectivity index (χ0) is 13.1. The molecule has 1 fully saturated rings. The number of hydrogen-bond donors (Lipinski definition) is 2. The first-order chi connectivity index (χ1) is 7.79. The molecule has 0 aromatic rings. The van der Waals surface area contributed by atoms with Gasteiger partial charge in [-0.15, -0.1) is 0 Å². The Bertz CT molecular complexity index is 278. The molecule has 1 rings (SSSR count). The van der Waals surface area contributed by atoms with Crippen LogP contribution in [-0.2, 0) is 9.53 Å². The van der Waals surface area contributed by atoms with Crippen LogP contribution in [0.5, 0.6) is 0 Å². The highest BCUT2D eigenvalue weighted by molar-refractivity contribution is 5.78. The summed E-state index contributed by atoms with van der Waals surface area (Å²) >= 11 is 0. The van der Waals surface area contributed by atoms with Crippen molar-refractivity contribution in [2.45, 2.75) is 70.6 Å². The quantitative estimate of drug-likeness (QED) is 0.777. The number of carbonyl (C=O) groups is 1. The molecule has 1 heterocycles. The molecule has 0 saturated carbocycles. The molecule has 4 heteroatoms. The second-order valence-electron chi connectivity index (χ2n) is 5.83. The third-order valence-electron chi connectivity index (χ3n) is 3.44. The number of carboxylic acid groups (broad SMARTS) is 1. The number of carboxylic acids is 1. The van der Waals surface area contributed by atoms with Crippen molar-refractivity contribution in [2.24, 2.45) is 0 Å². The molecule has 2 atom stereocenters. The van der Waals surface area contributed by atoms with E-state index in [1.165, 1.54) is 0 Å². The van der Waals surface area contributed by atoms with Gasteiger partial charge in [-0.05, 0) is 40.0 Å². The summed E-state index contributed by atoms with van der Waals surface area (Å²) in [7, 11) is 0. The summed E-state index contributed by atoms with van der Waals surface area (Å²) in [6.45, 7) is 8.60. The number of aliphatic carboxylic acids is 1. The highest BCUT2D eigenvalue weighted by Crippen LogP contribution is 2.26. The summed E-state index contributed by atoms with van der Waals surface area (Å²) in [6, 6.07) is 0.228. The fourth-order valence-electron chi connectivity index (χ4n) is 2.55. The molecule has 4 nitrogen and oxygen atoms in total. The lowest BCUT2D eigenvalue weighted by atomic mass is 9.89. The van der Waals surface area contributed by atoms with Gasteiger partial charge >= 0.3 is 5.97 Å². The normalized spacial score (nSPS) is 27.4. The summed E-state index contributed by atoms with van der Waals surface area (Å²) in [4.78, 5) is 11.4. The van der Waals surface area contributed by atoms with E-state index in [0.717, 1.165) is 19.3 Å². The molecule has 0 aliphatic carbocycles. The monoisotopic (exact) mass is 243 g/mol. The highest BCUT2D eigenvalue weighted by Gasteiger charge is 2.37. The van der Waals surface area contributed by atoms with Gasteiger partial charge in [0.05, 0.1) is 5.60 Å². The molecule has 2 N–H and O–H groups in total. The van der Waals surface area contributed by atoms with E-state index >= 15 is 0 Å². The van der Waals surface area contributed by atoms with Crippen molar-refractivity contribution in [1.29, 1.82) is 0 Å². The Morgan fingerprint density at radius 1 is 1.59 bits per heavy atom. The Morgan fingerprint density at radius 3 is 2.71 bits per heavy atom. The molecule has 17 heavy (non-hydrogen) atoms. The lowest BCUT2D eigenvalue weighted by Gasteiger charge is -2.39. The van der Waals surface area contributed by atoms with Crippen LogP contribution in [0.25, 0.3) is 0 Å². The van der Waals surface area contributed by atoms with Crippen molar-refractivity contribution >= 4 is 5.97 Å². The first-order valence-corrected chi connectivity index (χ1v) is 6.44. The van der Waals surface area contributed by atoms with Crippen LogP contribution < -0.4 is 5.32 Å². The zero-order valence-electron chi connectivity index (χ0n) is 11.4. The first-order valence-electron chi connectivity index (χ1n) is 6.44. The second kappa shape index (κ2) is 5.36. The first kappa shape index (κ1) is 14.5. The minimum Gasteiger partial charge on any atom is -0.480 e. The Morgan fingerprint density at radius 2 is 2.24 bits per heavy atom. The Labute approximate surface area is 104 Å². The predicted molar refractivity (Wildman–Crippen MR) is 67.1 cm³/mol. The van der Waals surface area contributed by atoms with Gasteiger partial charge in [0.25, 0.3) is 0 Å². The van der Waals surface area contributed by atoms with Gasteiger partial charge in [0, 0.05) is 12.6 Å². The standard InChI is InChI=1S/C13H25NO3/c1-5-7-13(4,11(15)16)14-10-6-8-17-12(2,3)9-10/h10,14H,5-9H2,1-4H3,(H,15,16). The van der Waals surface area contributed by atoms with Crippen LogP contribution in [0.2, 0.25) is 0 Å². The molecule has 1 saturated heterocycles. The molecule has 0 amide bonds. The van der Waals surface area contributed by atoms with E-state index < -0.39 is 11.5 Å². The van der Waals surface area contributed by atoms with Crippen molar-refractivity contribution in [3.8, 4) is 0 Å². The second-order valence-corrected chi connectivity index (χ2v) is 5.83. The SMILES string of the molecule is CCCC(C)(NC1CCOC(C)(C)C1)C(=O)O. The fourth-order valence-corrected chi connectivity index (χ4v) is 2.55. The summed E-state index contributed by atoms with van der Waals surface area (Å²) in [5.74, 6) is -0.761. The van der Waals surface area contributed by atoms with E-state index in [4.69, 9.17) is 4.74 Å².